The molecule has 0 radical (unpaired) electrons. The van der Waals surface area contributed by atoms with Gasteiger partial charge in [0, 0.05) is 6.54 Å². The van der Waals surface area contributed by atoms with Crippen molar-refractivity contribution in [3.05, 3.63) is 53.6 Å². The Morgan fingerprint density at radius 3 is 2.24 bits per heavy atom. The van der Waals surface area contributed by atoms with Crippen LogP contribution in [0.25, 0.3) is 0 Å². The zero-order valence-electron chi connectivity index (χ0n) is 17.4. The first-order chi connectivity index (χ1) is 13.7. The molecule has 0 aliphatic rings. The van der Waals surface area contributed by atoms with Crippen LogP contribution in [0, 0.1) is 6.92 Å². The van der Waals surface area contributed by atoms with Gasteiger partial charge in [-0.3, -0.25) is 4.79 Å². The van der Waals surface area contributed by atoms with Crippen LogP contribution in [0.15, 0.2) is 47.4 Å². The van der Waals surface area contributed by atoms with Crippen LogP contribution in [-0.4, -0.2) is 45.9 Å². The third kappa shape index (κ3) is 5.48. The highest BCUT2D eigenvalue weighted by Gasteiger charge is 2.25. The molecule has 0 aliphatic carbocycles. The second kappa shape index (κ2) is 9.76. The van der Waals surface area contributed by atoms with Gasteiger partial charge < -0.3 is 14.8 Å². The Morgan fingerprint density at radius 1 is 1.07 bits per heavy atom. The zero-order valence-corrected chi connectivity index (χ0v) is 18.2. The lowest BCUT2D eigenvalue weighted by Gasteiger charge is -2.22. The average molecular weight is 421 g/mol. The van der Waals surface area contributed by atoms with Gasteiger partial charge in [0.2, 0.25) is 15.9 Å². The summed E-state index contributed by atoms with van der Waals surface area (Å²) >= 11 is 0. The zero-order chi connectivity index (χ0) is 21.6. The highest BCUT2D eigenvalue weighted by molar-refractivity contribution is 7.89. The summed E-state index contributed by atoms with van der Waals surface area (Å²) in [6.45, 7) is 5.34. The number of benzene rings is 2. The Bertz CT molecular complexity index is 942. The van der Waals surface area contributed by atoms with Gasteiger partial charge in [-0.2, -0.15) is 4.31 Å². The van der Waals surface area contributed by atoms with E-state index in [1.165, 1.54) is 0 Å². The number of amides is 1. The summed E-state index contributed by atoms with van der Waals surface area (Å²) in [6, 6.07) is 11.6. The molecule has 2 aromatic rings. The standard InChI is InChI=1S/C21H28N2O5S/c1-6-23(29(25,26)18-10-7-15(2)8-11-18)14-21(24)22-16(3)17-9-12-19(27-4)20(13-17)28-5/h7-13,16H,6,14H2,1-5H3,(H,22,24)/t16-/m0/s1. The largest absolute Gasteiger partial charge is 0.493 e. The summed E-state index contributed by atoms with van der Waals surface area (Å²) in [7, 11) is -0.653. The Kier molecular flexibility index (Phi) is 7.64. The smallest absolute Gasteiger partial charge is 0.243 e. The van der Waals surface area contributed by atoms with Crippen molar-refractivity contribution >= 4 is 15.9 Å². The Hall–Kier alpha value is -2.58. The van der Waals surface area contributed by atoms with E-state index in [0.717, 1.165) is 15.4 Å². The lowest BCUT2D eigenvalue weighted by molar-refractivity contribution is -0.121. The fraction of sp³-hybridized carbons (Fsp3) is 0.381. The van der Waals surface area contributed by atoms with Crippen LogP contribution in [-0.2, 0) is 14.8 Å². The molecule has 0 unspecified atom stereocenters. The van der Waals surface area contributed by atoms with E-state index in [1.54, 1.807) is 57.5 Å². The minimum absolute atomic E-state index is 0.172. The van der Waals surface area contributed by atoms with Gasteiger partial charge in [0.15, 0.2) is 11.5 Å². The number of carbonyl (C=O) groups excluding carboxylic acids is 1. The van der Waals surface area contributed by atoms with Crippen LogP contribution in [0.2, 0.25) is 0 Å². The van der Waals surface area contributed by atoms with Crippen molar-refractivity contribution in [2.45, 2.75) is 31.7 Å². The van der Waals surface area contributed by atoms with E-state index in [4.69, 9.17) is 9.47 Å². The maximum Gasteiger partial charge on any atom is 0.243 e. The van der Waals surface area contributed by atoms with E-state index in [1.807, 2.05) is 19.9 Å². The van der Waals surface area contributed by atoms with Gasteiger partial charge in [-0.1, -0.05) is 30.7 Å². The predicted molar refractivity (Wildman–Crippen MR) is 112 cm³/mol. The molecule has 1 N–H and O–H groups in total. The molecule has 1 amide bonds. The number of ether oxygens (including phenoxy) is 2. The van der Waals surface area contributed by atoms with Gasteiger partial charge >= 0.3 is 0 Å². The molecule has 7 nitrogen and oxygen atoms in total. The molecule has 1 atom stereocenters. The number of nitrogens with one attached hydrogen (secondary N) is 1. The summed E-state index contributed by atoms with van der Waals surface area (Å²) in [6.07, 6.45) is 0. The molecular formula is C21H28N2O5S. The van der Waals surface area contributed by atoms with E-state index < -0.39 is 10.0 Å². The fourth-order valence-corrected chi connectivity index (χ4v) is 4.28. The van der Waals surface area contributed by atoms with E-state index in [9.17, 15) is 13.2 Å². The molecule has 8 heteroatoms. The maximum absolute atomic E-state index is 12.8. The molecule has 0 fully saturated rings. The van der Waals surface area contributed by atoms with Gasteiger partial charge in [0.1, 0.15) is 0 Å². The molecule has 29 heavy (non-hydrogen) atoms. The number of rotatable bonds is 9. The Labute approximate surface area is 172 Å². The molecule has 0 heterocycles. The van der Waals surface area contributed by atoms with Crippen LogP contribution in [0.1, 0.15) is 31.0 Å². The number of methoxy groups -OCH3 is 2. The van der Waals surface area contributed by atoms with Crippen molar-refractivity contribution < 1.29 is 22.7 Å². The number of likely N-dealkylation sites (N-methyl/N-ethyl adjacent to an activating group) is 1. The minimum Gasteiger partial charge on any atom is -0.493 e. The molecule has 0 saturated carbocycles. The van der Waals surface area contributed by atoms with Gasteiger partial charge in [0.05, 0.1) is 31.7 Å². The first-order valence-electron chi connectivity index (χ1n) is 9.31. The minimum atomic E-state index is -3.75. The van der Waals surface area contributed by atoms with Crippen molar-refractivity contribution in [3.8, 4) is 11.5 Å². The molecule has 0 aliphatic heterocycles. The lowest BCUT2D eigenvalue weighted by Crippen LogP contribution is -2.41. The first-order valence-corrected chi connectivity index (χ1v) is 10.7. The lowest BCUT2D eigenvalue weighted by atomic mass is 10.1. The highest BCUT2D eigenvalue weighted by Crippen LogP contribution is 2.29. The van der Waals surface area contributed by atoms with Crippen LogP contribution in [0.5, 0.6) is 11.5 Å². The van der Waals surface area contributed by atoms with Gasteiger partial charge in [-0.05, 0) is 43.7 Å². The summed E-state index contributed by atoms with van der Waals surface area (Å²) in [5, 5.41) is 2.84. The highest BCUT2D eigenvalue weighted by atomic mass is 32.2. The monoisotopic (exact) mass is 420 g/mol. The van der Waals surface area contributed by atoms with Crippen molar-refractivity contribution in [1.82, 2.24) is 9.62 Å². The summed E-state index contributed by atoms with van der Waals surface area (Å²) in [5.41, 5.74) is 1.79. The SMILES string of the molecule is CCN(CC(=O)N[C@@H](C)c1ccc(OC)c(OC)c1)S(=O)(=O)c1ccc(C)cc1. The van der Waals surface area contributed by atoms with Crippen LogP contribution < -0.4 is 14.8 Å². The molecule has 0 aromatic heterocycles. The van der Waals surface area contributed by atoms with Crippen LogP contribution >= 0.6 is 0 Å². The van der Waals surface area contributed by atoms with Crippen molar-refractivity contribution in [2.24, 2.45) is 0 Å². The van der Waals surface area contributed by atoms with Gasteiger partial charge in [-0.15, -0.1) is 0 Å². The van der Waals surface area contributed by atoms with E-state index >= 15 is 0 Å². The molecule has 0 spiro atoms. The third-order valence-electron chi connectivity index (χ3n) is 4.62. The molecule has 2 aromatic carbocycles. The van der Waals surface area contributed by atoms with E-state index in [0.29, 0.717) is 11.5 Å². The number of hydrogen-bond donors (Lipinski definition) is 1. The molecule has 0 saturated heterocycles. The normalized spacial score (nSPS) is 12.5. The van der Waals surface area contributed by atoms with Crippen molar-refractivity contribution in [3.63, 3.8) is 0 Å². The number of hydrogen-bond acceptors (Lipinski definition) is 5. The molecule has 2 rings (SSSR count). The molecule has 0 bridgehead atoms. The van der Waals surface area contributed by atoms with E-state index in [-0.39, 0.29) is 29.9 Å². The topological polar surface area (TPSA) is 84.9 Å². The number of sulfonamides is 1. The second-order valence-corrected chi connectivity index (χ2v) is 8.59. The van der Waals surface area contributed by atoms with Gasteiger partial charge in [-0.25, -0.2) is 8.42 Å². The number of carbonyl (C=O) groups is 1. The van der Waals surface area contributed by atoms with Crippen LogP contribution in [0.3, 0.4) is 0 Å². The van der Waals surface area contributed by atoms with Crippen LogP contribution in [0.4, 0.5) is 0 Å². The molecule has 158 valence electrons. The maximum atomic E-state index is 12.8. The Morgan fingerprint density at radius 2 is 1.69 bits per heavy atom. The van der Waals surface area contributed by atoms with Crippen molar-refractivity contribution in [2.75, 3.05) is 27.3 Å². The fourth-order valence-electron chi connectivity index (χ4n) is 2.88. The van der Waals surface area contributed by atoms with Crippen molar-refractivity contribution in [1.29, 1.82) is 0 Å². The molecular weight excluding hydrogens is 392 g/mol. The second-order valence-electron chi connectivity index (χ2n) is 6.65. The number of aryl methyl sites for hydroxylation is 1. The summed E-state index contributed by atoms with van der Waals surface area (Å²) < 4.78 is 37.3. The third-order valence-corrected chi connectivity index (χ3v) is 6.55. The quantitative estimate of drug-likeness (QED) is 0.674. The summed E-state index contributed by atoms with van der Waals surface area (Å²) in [4.78, 5) is 12.7. The average Bonchev–Trinajstić information content (AvgIpc) is 2.71. The van der Waals surface area contributed by atoms with Gasteiger partial charge in [0.25, 0.3) is 0 Å². The number of nitrogens with zero attached hydrogens (tertiary/aromatic N) is 1. The van der Waals surface area contributed by atoms with E-state index in [2.05, 4.69) is 5.32 Å². The predicted octanol–water partition coefficient (Wildman–Crippen LogP) is 2.90. The first kappa shape index (κ1) is 22.7. The summed E-state index contributed by atoms with van der Waals surface area (Å²) in [5.74, 6) is 0.768. The Balaban J connectivity index is 2.10.